The maximum Gasteiger partial charge on any atom is 0.191 e. The van der Waals surface area contributed by atoms with Crippen LogP contribution in [0.2, 0.25) is 0 Å². The number of aryl methyl sites for hydroxylation is 2. The van der Waals surface area contributed by atoms with Crippen molar-refractivity contribution in [2.45, 2.75) is 31.4 Å². The van der Waals surface area contributed by atoms with Gasteiger partial charge in [-0.3, -0.25) is 0 Å². The van der Waals surface area contributed by atoms with Crippen LogP contribution in [0.25, 0.3) is 5.65 Å². The quantitative estimate of drug-likeness (QED) is 0.475. The minimum absolute atomic E-state index is 0.392. The fourth-order valence-electron chi connectivity index (χ4n) is 2.80. The largest absolute Gasteiger partial charge is 0.485 e. The second-order valence-corrected chi connectivity index (χ2v) is 7.44. The van der Waals surface area contributed by atoms with Crippen molar-refractivity contribution in [2.24, 2.45) is 7.05 Å². The summed E-state index contributed by atoms with van der Waals surface area (Å²) in [6, 6.07) is 12.2. The van der Waals surface area contributed by atoms with E-state index in [-0.39, 0.29) is 0 Å². The maximum absolute atomic E-state index is 5.95. The van der Waals surface area contributed by atoms with Crippen LogP contribution < -0.4 is 4.74 Å². The van der Waals surface area contributed by atoms with E-state index in [1.807, 2.05) is 59.6 Å². The van der Waals surface area contributed by atoms with Gasteiger partial charge >= 0.3 is 0 Å². The lowest BCUT2D eigenvalue weighted by Gasteiger charge is -2.09. The summed E-state index contributed by atoms with van der Waals surface area (Å²) in [6.45, 7) is 4.49. The average molecular weight is 379 g/mol. The molecule has 0 aliphatic carbocycles. The molecule has 0 aliphatic heterocycles. The minimum atomic E-state index is 0.392. The normalized spacial score (nSPS) is 11.2. The van der Waals surface area contributed by atoms with Crippen LogP contribution in [0, 0.1) is 13.8 Å². The Bertz CT molecular complexity index is 1050. The molecule has 138 valence electrons. The summed E-state index contributed by atoms with van der Waals surface area (Å²) in [7, 11) is 1.97. The lowest BCUT2D eigenvalue weighted by atomic mass is 10.1. The molecule has 0 atom stereocenters. The van der Waals surface area contributed by atoms with E-state index in [9.17, 15) is 0 Å². The predicted octanol–water partition coefficient (Wildman–Crippen LogP) is 3.95. The van der Waals surface area contributed by atoms with E-state index in [1.54, 1.807) is 11.8 Å². The second-order valence-electron chi connectivity index (χ2n) is 6.50. The summed E-state index contributed by atoms with van der Waals surface area (Å²) in [5.74, 6) is 2.43. The summed E-state index contributed by atoms with van der Waals surface area (Å²) in [5.41, 5.74) is 4.26. The number of rotatable bonds is 6. The highest BCUT2D eigenvalue weighted by Gasteiger charge is 2.12. The zero-order valence-corrected chi connectivity index (χ0v) is 16.4. The molecule has 0 saturated heterocycles. The van der Waals surface area contributed by atoms with Gasteiger partial charge in [0.1, 0.15) is 18.0 Å². The molecule has 0 spiro atoms. The number of thioether (sulfide) groups is 1. The lowest BCUT2D eigenvalue weighted by Crippen LogP contribution is -2.05. The Kier molecular flexibility index (Phi) is 4.85. The van der Waals surface area contributed by atoms with Crippen molar-refractivity contribution >= 4 is 17.4 Å². The van der Waals surface area contributed by atoms with Crippen LogP contribution in [0.4, 0.5) is 0 Å². The molecule has 0 fully saturated rings. The molecule has 0 bridgehead atoms. The SMILES string of the molecule is Cc1ccc(C)c(OCc2nnc(SCc3cn4ccccc4n3)n2C)c1. The molecule has 27 heavy (non-hydrogen) atoms. The third kappa shape index (κ3) is 3.83. The first-order valence-electron chi connectivity index (χ1n) is 8.74. The minimum Gasteiger partial charge on any atom is -0.485 e. The maximum atomic E-state index is 5.95. The van der Waals surface area contributed by atoms with E-state index in [0.29, 0.717) is 6.61 Å². The highest BCUT2D eigenvalue weighted by Crippen LogP contribution is 2.23. The fourth-order valence-corrected chi connectivity index (χ4v) is 3.61. The van der Waals surface area contributed by atoms with Crippen LogP contribution in [0.15, 0.2) is 53.9 Å². The molecule has 3 heterocycles. The number of fused-ring (bicyclic) bond motifs is 1. The van der Waals surface area contributed by atoms with Crippen LogP contribution in [-0.4, -0.2) is 24.1 Å². The van der Waals surface area contributed by atoms with Gasteiger partial charge in [-0.25, -0.2) is 4.98 Å². The molecule has 0 amide bonds. The first kappa shape index (κ1) is 17.6. The number of pyridine rings is 1. The smallest absolute Gasteiger partial charge is 0.191 e. The molecule has 3 aromatic heterocycles. The molecule has 0 aliphatic rings. The van der Waals surface area contributed by atoms with Crippen molar-refractivity contribution in [2.75, 3.05) is 0 Å². The van der Waals surface area contributed by atoms with Crippen molar-refractivity contribution < 1.29 is 4.74 Å². The molecular formula is C20H21N5OS. The summed E-state index contributed by atoms with van der Waals surface area (Å²) < 4.78 is 9.95. The van der Waals surface area contributed by atoms with Crippen LogP contribution in [0.5, 0.6) is 5.75 Å². The summed E-state index contributed by atoms with van der Waals surface area (Å²) >= 11 is 1.62. The summed E-state index contributed by atoms with van der Waals surface area (Å²) in [5, 5.41) is 9.43. The van der Waals surface area contributed by atoms with Gasteiger partial charge in [0.05, 0.1) is 5.69 Å². The van der Waals surface area contributed by atoms with E-state index in [2.05, 4.69) is 34.2 Å². The van der Waals surface area contributed by atoms with Gasteiger partial charge in [-0.15, -0.1) is 10.2 Å². The topological polar surface area (TPSA) is 57.2 Å². The lowest BCUT2D eigenvalue weighted by molar-refractivity contribution is 0.288. The Hall–Kier alpha value is -2.80. The fraction of sp³-hybridized carbons (Fsp3) is 0.250. The zero-order valence-electron chi connectivity index (χ0n) is 15.6. The Morgan fingerprint density at radius 1 is 1.11 bits per heavy atom. The van der Waals surface area contributed by atoms with Gasteiger partial charge in [0.15, 0.2) is 11.0 Å². The van der Waals surface area contributed by atoms with Gasteiger partial charge in [0, 0.05) is 25.2 Å². The standard InChI is InChI=1S/C20H21N5OS/c1-14-7-8-15(2)17(10-14)26-12-19-22-23-20(24(19)3)27-13-16-11-25-9-5-4-6-18(25)21-16/h4-11H,12-13H2,1-3H3. The Morgan fingerprint density at radius 3 is 2.85 bits per heavy atom. The van der Waals surface area contributed by atoms with Crippen molar-refractivity contribution in [3.05, 3.63) is 71.4 Å². The molecular weight excluding hydrogens is 358 g/mol. The first-order valence-corrected chi connectivity index (χ1v) is 9.72. The summed E-state index contributed by atoms with van der Waals surface area (Å²) in [6.07, 6.45) is 4.05. The first-order chi connectivity index (χ1) is 13.1. The molecule has 6 nitrogen and oxygen atoms in total. The van der Waals surface area contributed by atoms with Crippen LogP contribution in [-0.2, 0) is 19.4 Å². The molecule has 1 aromatic carbocycles. The number of hydrogen-bond acceptors (Lipinski definition) is 5. The van der Waals surface area contributed by atoms with Gasteiger partial charge in [-0.2, -0.15) is 0 Å². The monoisotopic (exact) mass is 379 g/mol. The van der Waals surface area contributed by atoms with Crippen LogP contribution in [0.3, 0.4) is 0 Å². The number of benzene rings is 1. The molecule has 0 saturated carbocycles. The predicted molar refractivity (Wildman–Crippen MR) is 106 cm³/mol. The van der Waals surface area contributed by atoms with Crippen LogP contribution >= 0.6 is 11.8 Å². The Balaban J connectivity index is 1.41. The highest BCUT2D eigenvalue weighted by molar-refractivity contribution is 7.98. The molecule has 0 N–H and O–H groups in total. The second kappa shape index (κ2) is 7.44. The third-order valence-electron chi connectivity index (χ3n) is 4.39. The van der Waals surface area contributed by atoms with E-state index in [1.165, 1.54) is 5.56 Å². The van der Waals surface area contributed by atoms with Gasteiger partial charge in [0.2, 0.25) is 0 Å². The van der Waals surface area contributed by atoms with Crippen molar-refractivity contribution in [3.63, 3.8) is 0 Å². The van der Waals surface area contributed by atoms with E-state index >= 15 is 0 Å². The van der Waals surface area contributed by atoms with E-state index < -0.39 is 0 Å². The van der Waals surface area contributed by atoms with Gasteiger partial charge in [0.25, 0.3) is 0 Å². The van der Waals surface area contributed by atoms with Gasteiger partial charge < -0.3 is 13.7 Å². The number of nitrogens with zero attached hydrogens (tertiary/aromatic N) is 5. The molecule has 4 rings (SSSR count). The zero-order chi connectivity index (χ0) is 18.8. The van der Waals surface area contributed by atoms with Crippen molar-refractivity contribution in [1.29, 1.82) is 0 Å². The Labute approximate surface area is 162 Å². The highest BCUT2D eigenvalue weighted by atomic mass is 32.2. The molecule has 7 heteroatoms. The van der Waals surface area contributed by atoms with E-state index in [0.717, 1.165) is 39.4 Å². The Morgan fingerprint density at radius 2 is 2.00 bits per heavy atom. The van der Waals surface area contributed by atoms with Crippen molar-refractivity contribution in [1.82, 2.24) is 24.1 Å². The number of ether oxygens (including phenoxy) is 1. The van der Waals surface area contributed by atoms with Gasteiger partial charge in [-0.1, -0.05) is 30.0 Å². The average Bonchev–Trinajstić information content (AvgIpc) is 3.24. The number of aromatic nitrogens is 5. The molecule has 0 unspecified atom stereocenters. The summed E-state index contributed by atoms with van der Waals surface area (Å²) in [4.78, 5) is 4.62. The van der Waals surface area contributed by atoms with Crippen LogP contribution in [0.1, 0.15) is 22.6 Å². The number of hydrogen-bond donors (Lipinski definition) is 0. The number of imidazole rings is 1. The third-order valence-corrected chi connectivity index (χ3v) is 5.44. The van der Waals surface area contributed by atoms with E-state index in [4.69, 9.17) is 4.74 Å². The van der Waals surface area contributed by atoms with Gasteiger partial charge in [-0.05, 0) is 43.2 Å². The molecule has 0 radical (unpaired) electrons. The van der Waals surface area contributed by atoms with Crippen molar-refractivity contribution in [3.8, 4) is 5.75 Å². The molecule has 4 aromatic rings.